The summed E-state index contributed by atoms with van der Waals surface area (Å²) in [6, 6.07) is 13.8. The second-order valence-electron chi connectivity index (χ2n) is 4.94. The van der Waals surface area contributed by atoms with Crippen LogP contribution in [0.4, 0.5) is 15.8 Å². The Balaban J connectivity index is 1.91. The maximum absolute atomic E-state index is 13.1. The van der Waals surface area contributed by atoms with Crippen molar-refractivity contribution in [1.29, 1.82) is 0 Å². The summed E-state index contributed by atoms with van der Waals surface area (Å²) in [4.78, 5) is 13.8. The predicted octanol–water partition coefficient (Wildman–Crippen LogP) is 2.48. The molecule has 0 aromatic heterocycles. The molecule has 0 saturated carbocycles. The summed E-state index contributed by atoms with van der Waals surface area (Å²) >= 11 is 0. The third kappa shape index (κ3) is 4.57. The Kier molecular flexibility index (Phi) is 4.90. The zero-order chi connectivity index (χ0) is 15.2. The van der Waals surface area contributed by atoms with Gasteiger partial charge in [0.2, 0.25) is 5.91 Å². The lowest BCUT2D eigenvalue weighted by molar-refractivity contribution is -0.117. The van der Waals surface area contributed by atoms with Crippen molar-refractivity contribution >= 4 is 17.3 Å². The lowest BCUT2D eigenvalue weighted by Gasteiger charge is -2.16. The quantitative estimate of drug-likeness (QED) is 0.831. The number of rotatable bonds is 5. The first-order valence-corrected chi connectivity index (χ1v) is 6.62. The molecule has 1 amide bonds. The molecular weight excluding hydrogens is 269 g/mol. The molecule has 0 bridgehead atoms. The van der Waals surface area contributed by atoms with Crippen LogP contribution in [0.15, 0.2) is 48.5 Å². The molecule has 0 fully saturated rings. The van der Waals surface area contributed by atoms with Crippen LogP contribution in [0.3, 0.4) is 0 Å². The van der Waals surface area contributed by atoms with E-state index in [4.69, 9.17) is 5.73 Å². The van der Waals surface area contributed by atoms with Gasteiger partial charge in [0, 0.05) is 6.54 Å². The Morgan fingerprint density at radius 3 is 2.67 bits per heavy atom. The SMILES string of the molecule is CN(CC(=O)Nc1cc(F)ccc1N)Cc1ccccc1. The van der Waals surface area contributed by atoms with E-state index in [0.717, 1.165) is 5.56 Å². The molecule has 0 spiro atoms. The van der Waals surface area contributed by atoms with Crippen LogP contribution in [0.5, 0.6) is 0 Å². The second-order valence-corrected chi connectivity index (χ2v) is 4.94. The predicted molar refractivity (Wildman–Crippen MR) is 82.2 cm³/mol. The Morgan fingerprint density at radius 1 is 1.24 bits per heavy atom. The van der Waals surface area contributed by atoms with Gasteiger partial charge in [-0.25, -0.2) is 4.39 Å². The number of likely N-dealkylation sites (N-methyl/N-ethyl adjacent to an activating group) is 1. The van der Waals surface area contributed by atoms with Gasteiger partial charge in [-0.15, -0.1) is 0 Å². The number of amides is 1. The average Bonchev–Trinajstić information content (AvgIpc) is 2.43. The Hall–Kier alpha value is -2.40. The van der Waals surface area contributed by atoms with Crippen LogP contribution in [0.1, 0.15) is 5.56 Å². The number of nitrogens with two attached hydrogens (primary N) is 1. The van der Waals surface area contributed by atoms with Gasteiger partial charge in [-0.05, 0) is 30.8 Å². The molecule has 0 aliphatic rings. The van der Waals surface area contributed by atoms with E-state index in [0.29, 0.717) is 17.9 Å². The fraction of sp³-hybridized carbons (Fsp3) is 0.188. The highest BCUT2D eigenvalue weighted by Gasteiger charge is 2.09. The molecule has 21 heavy (non-hydrogen) atoms. The number of hydrogen-bond acceptors (Lipinski definition) is 3. The monoisotopic (exact) mass is 287 g/mol. The minimum Gasteiger partial charge on any atom is -0.397 e. The molecule has 3 N–H and O–H groups in total. The van der Waals surface area contributed by atoms with Gasteiger partial charge in [0.05, 0.1) is 17.9 Å². The van der Waals surface area contributed by atoms with Gasteiger partial charge in [0.15, 0.2) is 0 Å². The molecule has 0 radical (unpaired) electrons. The van der Waals surface area contributed by atoms with Gasteiger partial charge in [-0.1, -0.05) is 30.3 Å². The van der Waals surface area contributed by atoms with Gasteiger partial charge in [0.25, 0.3) is 0 Å². The largest absolute Gasteiger partial charge is 0.397 e. The number of anilines is 2. The molecule has 0 unspecified atom stereocenters. The molecule has 0 aliphatic carbocycles. The number of nitrogens with one attached hydrogen (secondary N) is 1. The fourth-order valence-electron chi connectivity index (χ4n) is 2.02. The Bertz CT molecular complexity index is 616. The molecule has 0 atom stereocenters. The van der Waals surface area contributed by atoms with Crippen LogP contribution >= 0.6 is 0 Å². The van der Waals surface area contributed by atoms with E-state index in [1.807, 2.05) is 42.3 Å². The van der Waals surface area contributed by atoms with Gasteiger partial charge in [0.1, 0.15) is 5.82 Å². The first-order chi connectivity index (χ1) is 10.0. The molecule has 0 aliphatic heterocycles. The van der Waals surface area contributed by atoms with Crippen molar-refractivity contribution in [2.45, 2.75) is 6.54 Å². The van der Waals surface area contributed by atoms with Crippen molar-refractivity contribution in [1.82, 2.24) is 4.90 Å². The molecule has 0 saturated heterocycles. The maximum Gasteiger partial charge on any atom is 0.238 e. The van der Waals surface area contributed by atoms with Crippen molar-refractivity contribution in [3.05, 3.63) is 59.9 Å². The highest BCUT2D eigenvalue weighted by atomic mass is 19.1. The normalized spacial score (nSPS) is 10.6. The van der Waals surface area contributed by atoms with Crippen molar-refractivity contribution in [3.63, 3.8) is 0 Å². The summed E-state index contributed by atoms with van der Waals surface area (Å²) in [5.41, 5.74) is 7.46. The third-order valence-corrected chi connectivity index (χ3v) is 3.00. The molecule has 2 aromatic rings. The molecule has 5 heteroatoms. The number of benzene rings is 2. The Morgan fingerprint density at radius 2 is 1.95 bits per heavy atom. The molecule has 4 nitrogen and oxygen atoms in total. The van der Waals surface area contributed by atoms with Crippen LogP contribution in [0.25, 0.3) is 0 Å². The van der Waals surface area contributed by atoms with Gasteiger partial charge in [-0.3, -0.25) is 9.69 Å². The summed E-state index contributed by atoms with van der Waals surface area (Å²) < 4.78 is 13.1. The zero-order valence-corrected chi connectivity index (χ0v) is 11.8. The van der Waals surface area contributed by atoms with Crippen LogP contribution in [0.2, 0.25) is 0 Å². The summed E-state index contributed by atoms with van der Waals surface area (Å²) in [6.45, 7) is 0.859. The van der Waals surface area contributed by atoms with E-state index in [1.54, 1.807) is 0 Å². The number of nitrogen functional groups attached to an aromatic ring is 1. The molecular formula is C16H18FN3O. The topological polar surface area (TPSA) is 58.4 Å². The summed E-state index contributed by atoms with van der Waals surface area (Å²) in [5, 5.41) is 2.62. The number of carbonyl (C=O) groups excluding carboxylic acids is 1. The van der Waals surface area contributed by atoms with Crippen LogP contribution in [-0.2, 0) is 11.3 Å². The summed E-state index contributed by atoms with van der Waals surface area (Å²) in [5.74, 6) is -0.664. The van der Waals surface area contributed by atoms with Gasteiger partial charge >= 0.3 is 0 Å². The fourth-order valence-corrected chi connectivity index (χ4v) is 2.02. The van der Waals surface area contributed by atoms with Crippen molar-refractivity contribution < 1.29 is 9.18 Å². The van der Waals surface area contributed by atoms with Crippen molar-refractivity contribution in [2.24, 2.45) is 0 Å². The standard InChI is InChI=1S/C16H18FN3O/c1-20(10-12-5-3-2-4-6-12)11-16(21)19-15-9-13(17)7-8-14(15)18/h2-9H,10-11,18H2,1H3,(H,19,21). The molecule has 0 heterocycles. The summed E-state index contributed by atoms with van der Waals surface area (Å²) in [7, 11) is 1.85. The van der Waals surface area contributed by atoms with E-state index >= 15 is 0 Å². The molecule has 2 rings (SSSR count). The van der Waals surface area contributed by atoms with E-state index < -0.39 is 5.82 Å². The Labute approximate surface area is 123 Å². The van der Waals surface area contributed by atoms with E-state index in [-0.39, 0.29) is 12.5 Å². The third-order valence-electron chi connectivity index (χ3n) is 3.00. The number of nitrogens with zero attached hydrogens (tertiary/aromatic N) is 1. The zero-order valence-electron chi connectivity index (χ0n) is 11.8. The first kappa shape index (κ1) is 15.0. The second kappa shape index (κ2) is 6.85. The minimum absolute atomic E-state index is 0.199. The number of hydrogen-bond donors (Lipinski definition) is 2. The van der Waals surface area contributed by atoms with E-state index in [2.05, 4.69) is 5.32 Å². The highest BCUT2D eigenvalue weighted by Crippen LogP contribution is 2.19. The van der Waals surface area contributed by atoms with Crippen molar-refractivity contribution in [3.8, 4) is 0 Å². The first-order valence-electron chi connectivity index (χ1n) is 6.62. The summed E-state index contributed by atoms with van der Waals surface area (Å²) in [6.07, 6.45) is 0. The van der Waals surface area contributed by atoms with Crippen molar-refractivity contribution in [2.75, 3.05) is 24.6 Å². The van der Waals surface area contributed by atoms with E-state index in [9.17, 15) is 9.18 Å². The van der Waals surface area contributed by atoms with Crippen LogP contribution in [0, 0.1) is 5.82 Å². The number of carbonyl (C=O) groups is 1. The van der Waals surface area contributed by atoms with Gasteiger partial charge in [-0.2, -0.15) is 0 Å². The maximum atomic E-state index is 13.1. The average molecular weight is 287 g/mol. The highest BCUT2D eigenvalue weighted by molar-refractivity contribution is 5.95. The number of halogens is 1. The van der Waals surface area contributed by atoms with E-state index in [1.165, 1.54) is 18.2 Å². The minimum atomic E-state index is -0.433. The lowest BCUT2D eigenvalue weighted by Crippen LogP contribution is -2.30. The molecule has 110 valence electrons. The molecule has 2 aromatic carbocycles. The lowest BCUT2D eigenvalue weighted by atomic mass is 10.2. The van der Waals surface area contributed by atoms with Crippen LogP contribution < -0.4 is 11.1 Å². The smallest absolute Gasteiger partial charge is 0.238 e. The van der Waals surface area contributed by atoms with Crippen LogP contribution in [-0.4, -0.2) is 24.4 Å². The van der Waals surface area contributed by atoms with Gasteiger partial charge < -0.3 is 11.1 Å².